The Bertz CT molecular complexity index is 555. The molecule has 0 bridgehead atoms. The largest absolute Gasteiger partial charge is 0.444 e. The van der Waals surface area contributed by atoms with Gasteiger partial charge in [0.25, 0.3) is 0 Å². The van der Waals surface area contributed by atoms with Crippen molar-refractivity contribution in [3.05, 3.63) is 33.3 Å². The van der Waals surface area contributed by atoms with Crippen LogP contribution in [0, 0.1) is 0 Å². The number of hydrogen-bond donors (Lipinski definition) is 1. The molecule has 0 saturated carbocycles. The Morgan fingerprint density at radius 1 is 1.38 bits per heavy atom. The van der Waals surface area contributed by atoms with Crippen molar-refractivity contribution >= 4 is 29.3 Å². The molecule has 0 aromatic heterocycles. The van der Waals surface area contributed by atoms with Gasteiger partial charge in [-0.1, -0.05) is 29.3 Å². The van der Waals surface area contributed by atoms with Gasteiger partial charge in [-0.2, -0.15) is 0 Å². The Balaban J connectivity index is 2.30. The Morgan fingerprint density at radius 3 is 2.67 bits per heavy atom. The number of rotatable bonds is 0. The number of hydrogen-bond acceptors (Lipinski definition) is 3. The summed E-state index contributed by atoms with van der Waals surface area (Å²) in [5, 5.41) is 0.925. The highest BCUT2D eigenvalue weighted by Gasteiger charge is 2.28. The molecule has 0 aliphatic carbocycles. The number of nitrogens with zero attached hydrogens (tertiary/aromatic N) is 1. The SMILES string of the molecule is CC(C)(C)OC(=O)N1CCC(N)c2ccc(Cl)c(Cl)c2C1. The van der Waals surface area contributed by atoms with Crippen molar-refractivity contribution in [3.8, 4) is 0 Å². The normalized spacial score (nSPS) is 19.0. The van der Waals surface area contributed by atoms with Crippen molar-refractivity contribution < 1.29 is 9.53 Å². The van der Waals surface area contributed by atoms with Gasteiger partial charge in [-0.3, -0.25) is 0 Å². The number of carbonyl (C=O) groups excluding carboxylic acids is 1. The minimum absolute atomic E-state index is 0.165. The third kappa shape index (κ3) is 3.82. The van der Waals surface area contributed by atoms with Crippen molar-refractivity contribution in [1.29, 1.82) is 0 Å². The predicted octanol–water partition coefficient (Wildman–Crippen LogP) is 4.13. The summed E-state index contributed by atoms with van der Waals surface area (Å²) in [6, 6.07) is 3.46. The monoisotopic (exact) mass is 330 g/mol. The van der Waals surface area contributed by atoms with Crippen LogP contribution in [0.2, 0.25) is 10.0 Å². The van der Waals surface area contributed by atoms with E-state index in [1.807, 2.05) is 26.8 Å². The van der Waals surface area contributed by atoms with Crippen LogP contribution in [0.3, 0.4) is 0 Å². The zero-order valence-corrected chi connectivity index (χ0v) is 14.0. The van der Waals surface area contributed by atoms with E-state index in [0.29, 0.717) is 29.6 Å². The predicted molar refractivity (Wildman–Crippen MR) is 84.7 cm³/mol. The molecule has 1 heterocycles. The molecule has 1 atom stereocenters. The smallest absolute Gasteiger partial charge is 0.410 e. The number of ether oxygens (including phenoxy) is 1. The average Bonchev–Trinajstić information content (AvgIpc) is 2.52. The van der Waals surface area contributed by atoms with Gasteiger partial charge in [-0.05, 0) is 44.4 Å². The maximum atomic E-state index is 12.3. The molecule has 1 amide bonds. The first-order valence-corrected chi connectivity index (χ1v) is 7.65. The van der Waals surface area contributed by atoms with Crippen LogP contribution in [-0.2, 0) is 11.3 Å². The highest BCUT2D eigenvalue weighted by molar-refractivity contribution is 6.42. The Morgan fingerprint density at radius 2 is 2.05 bits per heavy atom. The molecule has 116 valence electrons. The Labute approximate surface area is 135 Å². The third-order valence-electron chi connectivity index (χ3n) is 3.34. The summed E-state index contributed by atoms with van der Waals surface area (Å²) in [5.41, 5.74) is 7.38. The van der Waals surface area contributed by atoms with Crippen LogP contribution < -0.4 is 5.73 Å². The summed E-state index contributed by atoms with van der Waals surface area (Å²) in [6.45, 7) is 6.40. The van der Waals surface area contributed by atoms with Gasteiger partial charge in [0.15, 0.2) is 0 Å². The summed E-state index contributed by atoms with van der Waals surface area (Å²) in [6.07, 6.45) is 0.295. The quantitative estimate of drug-likeness (QED) is 0.777. The highest BCUT2D eigenvalue weighted by atomic mass is 35.5. The number of nitrogens with two attached hydrogens (primary N) is 1. The average molecular weight is 331 g/mol. The molecule has 0 radical (unpaired) electrons. The zero-order chi connectivity index (χ0) is 15.8. The first kappa shape index (κ1) is 16.4. The van der Waals surface area contributed by atoms with Crippen LogP contribution in [0.4, 0.5) is 4.79 Å². The number of halogens is 2. The van der Waals surface area contributed by atoms with E-state index in [9.17, 15) is 4.79 Å². The van der Waals surface area contributed by atoms with Crippen LogP contribution in [0.5, 0.6) is 0 Å². The number of amides is 1. The lowest BCUT2D eigenvalue weighted by molar-refractivity contribution is 0.0235. The van der Waals surface area contributed by atoms with E-state index in [1.165, 1.54) is 0 Å². The molecule has 1 aromatic rings. The number of benzene rings is 1. The molecular formula is C15H20Cl2N2O2. The second kappa shape index (κ2) is 6.03. The third-order valence-corrected chi connectivity index (χ3v) is 4.19. The van der Waals surface area contributed by atoms with Gasteiger partial charge >= 0.3 is 6.09 Å². The van der Waals surface area contributed by atoms with Gasteiger partial charge in [-0.15, -0.1) is 0 Å². The van der Waals surface area contributed by atoms with Gasteiger partial charge in [-0.25, -0.2) is 4.79 Å². The van der Waals surface area contributed by atoms with E-state index < -0.39 is 5.60 Å². The molecule has 4 nitrogen and oxygen atoms in total. The van der Waals surface area contributed by atoms with E-state index in [-0.39, 0.29) is 12.1 Å². The fourth-order valence-corrected chi connectivity index (χ4v) is 2.73. The molecule has 6 heteroatoms. The lowest BCUT2D eigenvalue weighted by Crippen LogP contribution is -2.36. The van der Waals surface area contributed by atoms with E-state index >= 15 is 0 Å². The van der Waals surface area contributed by atoms with Crippen LogP contribution in [-0.4, -0.2) is 23.1 Å². The number of fused-ring (bicyclic) bond motifs is 1. The first-order valence-electron chi connectivity index (χ1n) is 6.89. The van der Waals surface area contributed by atoms with Crippen molar-refractivity contribution in [2.45, 2.75) is 45.4 Å². The minimum Gasteiger partial charge on any atom is -0.444 e. The van der Waals surface area contributed by atoms with Gasteiger partial charge in [0, 0.05) is 12.6 Å². The van der Waals surface area contributed by atoms with Gasteiger partial charge in [0.05, 0.1) is 16.6 Å². The highest BCUT2D eigenvalue weighted by Crippen LogP contribution is 2.35. The molecular weight excluding hydrogens is 311 g/mol. The molecule has 2 rings (SSSR count). The van der Waals surface area contributed by atoms with Crippen LogP contribution in [0.1, 0.15) is 44.4 Å². The van der Waals surface area contributed by atoms with E-state index in [1.54, 1.807) is 11.0 Å². The van der Waals surface area contributed by atoms with Crippen LogP contribution in [0.15, 0.2) is 12.1 Å². The van der Waals surface area contributed by atoms with Crippen molar-refractivity contribution in [2.24, 2.45) is 5.73 Å². The maximum Gasteiger partial charge on any atom is 0.410 e. The Kier molecular flexibility index (Phi) is 4.71. The number of carbonyl (C=O) groups is 1. The van der Waals surface area contributed by atoms with E-state index in [2.05, 4.69) is 0 Å². The van der Waals surface area contributed by atoms with Gasteiger partial charge < -0.3 is 15.4 Å². The molecule has 1 aliphatic rings. The standard InChI is InChI=1S/C15H20Cl2N2O2/c1-15(2,3)21-14(20)19-7-6-12(18)9-4-5-11(16)13(17)10(9)8-19/h4-5,12H,6-8,18H2,1-3H3. The van der Waals surface area contributed by atoms with Crippen LogP contribution >= 0.6 is 23.2 Å². The molecule has 1 unspecified atom stereocenters. The minimum atomic E-state index is -0.535. The fourth-order valence-electron chi connectivity index (χ4n) is 2.32. The molecule has 1 aliphatic heterocycles. The van der Waals surface area contributed by atoms with Gasteiger partial charge in [0.2, 0.25) is 0 Å². The zero-order valence-electron chi connectivity index (χ0n) is 12.5. The first-order chi connectivity index (χ1) is 9.69. The summed E-state index contributed by atoms with van der Waals surface area (Å²) in [7, 11) is 0. The summed E-state index contributed by atoms with van der Waals surface area (Å²) in [4.78, 5) is 13.9. The van der Waals surface area contributed by atoms with Crippen LogP contribution in [0.25, 0.3) is 0 Å². The molecule has 0 spiro atoms. The van der Waals surface area contributed by atoms with Crippen molar-refractivity contribution in [3.63, 3.8) is 0 Å². The molecule has 0 fully saturated rings. The molecule has 0 saturated heterocycles. The topological polar surface area (TPSA) is 55.6 Å². The second-order valence-corrected chi connectivity index (χ2v) is 7.01. The lowest BCUT2D eigenvalue weighted by Gasteiger charge is -2.26. The molecule has 21 heavy (non-hydrogen) atoms. The maximum absolute atomic E-state index is 12.3. The summed E-state index contributed by atoms with van der Waals surface area (Å²) < 4.78 is 5.42. The van der Waals surface area contributed by atoms with Crippen molar-refractivity contribution in [1.82, 2.24) is 4.90 Å². The van der Waals surface area contributed by atoms with E-state index in [4.69, 9.17) is 33.7 Å². The van der Waals surface area contributed by atoms with Gasteiger partial charge in [0.1, 0.15) is 5.60 Å². The fraction of sp³-hybridized carbons (Fsp3) is 0.533. The van der Waals surface area contributed by atoms with Crippen molar-refractivity contribution in [2.75, 3.05) is 6.54 Å². The molecule has 2 N–H and O–H groups in total. The Hall–Kier alpha value is -0.970. The van der Waals surface area contributed by atoms with E-state index in [0.717, 1.165) is 11.1 Å². The molecule has 1 aromatic carbocycles. The lowest BCUT2D eigenvalue weighted by atomic mass is 10.0. The summed E-state index contributed by atoms with van der Waals surface area (Å²) in [5.74, 6) is 0. The summed E-state index contributed by atoms with van der Waals surface area (Å²) >= 11 is 12.4. The second-order valence-electron chi connectivity index (χ2n) is 6.23.